The largest absolute Gasteiger partial charge is 0.378 e. The Kier molecular flexibility index (Phi) is 3.06. The van der Waals surface area contributed by atoms with Crippen LogP contribution in [0.25, 0.3) is 15.9 Å². The van der Waals surface area contributed by atoms with Crippen molar-refractivity contribution in [1.82, 2.24) is 19.6 Å². The Balaban J connectivity index is 1.76. The van der Waals surface area contributed by atoms with Crippen LogP contribution in [0, 0.1) is 5.92 Å². The van der Waals surface area contributed by atoms with Crippen LogP contribution in [0.2, 0.25) is 0 Å². The van der Waals surface area contributed by atoms with Crippen LogP contribution in [0.5, 0.6) is 0 Å². The first-order chi connectivity index (χ1) is 11.3. The molecule has 2 aliphatic rings. The molecule has 0 amide bonds. The number of aromatic nitrogens is 4. The van der Waals surface area contributed by atoms with E-state index in [0.29, 0.717) is 0 Å². The van der Waals surface area contributed by atoms with Crippen LogP contribution in [0.1, 0.15) is 23.8 Å². The monoisotopic (exact) mass is 329 g/mol. The maximum Gasteiger partial charge on any atom is 0.230 e. The standard InChI is InChI=1S/C16H19N5OS/c1-10-2-3-12-11(8-10)13-14-17-9-18-21(14)16(19-15(13)23-12)20-4-6-22-7-5-20/h9-10H,2-8H2,1H3/t10-/m1/s1. The Bertz CT molecular complexity index is 879. The van der Waals surface area contributed by atoms with Crippen LogP contribution >= 0.6 is 11.3 Å². The Morgan fingerprint density at radius 3 is 3.04 bits per heavy atom. The molecule has 0 N–H and O–H groups in total. The summed E-state index contributed by atoms with van der Waals surface area (Å²) in [4.78, 5) is 14.4. The Hall–Kier alpha value is -1.73. The molecule has 23 heavy (non-hydrogen) atoms. The van der Waals surface area contributed by atoms with E-state index in [2.05, 4.69) is 21.9 Å². The molecule has 1 aliphatic carbocycles. The molecule has 1 fully saturated rings. The molecule has 4 heterocycles. The second-order valence-corrected chi connectivity index (χ2v) is 7.62. The summed E-state index contributed by atoms with van der Waals surface area (Å²) in [5.41, 5.74) is 2.42. The highest BCUT2D eigenvalue weighted by Gasteiger charge is 2.26. The van der Waals surface area contributed by atoms with Gasteiger partial charge in [-0.25, -0.2) is 9.97 Å². The summed E-state index contributed by atoms with van der Waals surface area (Å²) in [5.74, 6) is 1.64. The average molecular weight is 329 g/mol. The highest BCUT2D eigenvalue weighted by molar-refractivity contribution is 7.19. The van der Waals surface area contributed by atoms with E-state index in [1.54, 1.807) is 6.33 Å². The first-order valence-electron chi connectivity index (χ1n) is 8.28. The van der Waals surface area contributed by atoms with Crippen molar-refractivity contribution in [3.05, 3.63) is 16.8 Å². The summed E-state index contributed by atoms with van der Waals surface area (Å²) in [5, 5.41) is 5.68. The van der Waals surface area contributed by atoms with Crippen molar-refractivity contribution in [2.24, 2.45) is 5.92 Å². The molecule has 120 valence electrons. The second kappa shape index (κ2) is 5.14. The number of fused-ring (bicyclic) bond motifs is 5. The van der Waals surface area contributed by atoms with Crippen LogP contribution in [-0.4, -0.2) is 45.9 Å². The summed E-state index contributed by atoms with van der Waals surface area (Å²) < 4.78 is 7.38. The molecule has 6 nitrogen and oxygen atoms in total. The fourth-order valence-electron chi connectivity index (χ4n) is 3.72. The van der Waals surface area contributed by atoms with Gasteiger partial charge in [-0.3, -0.25) is 0 Å². The minimum atomic E-state index is 0.738. The maximum absolute atomic E-state index is 5.47. The first-order valence-corrected chi connectivity index (χ1v) is 9.09. The van der Waals surface area contributed by atoms with E-state index in [-0.39, 0.29) is 0 Å². The molecular weight excluding hydrogens is 310 g/mol. The summed E-state index contributed by atoms with van der Waals surface area (Å²) in [6.45, 7) is 5.54. The lowest BCUT2D eigenvalue weighted by Crippen LogP contribution is -2.38. The lowest BCUT2D eigenvalue weighted by Gasteiger charge is -2.27. The molecule has 7 heteroatoms. The summed E-state index contributed by atoms with van der Waals surface area (Å²) >= 11 is 1.85. The van der Waals surface area contributed by atoms with Gasteiger partial charge in [0.1, 0.15) is 11.2 Å². The van der Waals surface area contributed by atoms with Crippen LogP contribution < -0.4 is 4.90 Å². The normalized spacial score (nSPS) is 22.0. The molecule has 1 atom stereocenters. The van der Waals surface area contributed by atoms with Crippen molar-refractivity contribution in [2.45, 2.75) is 26.2 Å². The number of hydrogen-bond acceptors (Lipinski definition) is 6. The average Bonchev–Trinajstić information content (AvgIpc) is 3.18. The zero-order valence-corrected chi connectivity index (χ0v) is 14.0. The minimum absolute atomic E-state index is 0.738. The summed E-state index contributed by atoms with van der Waals surface area (Å²) in [7, 11) is 0. The fourth-order valence-corrected chi connectivity index (χ4v) is 4.92. The van der Waals surface area contributed by atoms with Gasteiger partial charge in [0, 0.05) is 18.0 Å². The number of hydrogen-bond donors (Lipinski definition) is 0. The van der Waals surface area contributed by atoms with E-state index in [9.17, 15) is 0 Å². The molecule has 1 saturated heterocycles. The van der Waals surface area contributed by atoms with Gasteiger partial charge in [-0.1, -0.05) is 6.92 Å². The van der Waals surface area contributed by atoms with Gasteiger partial charge in [0.2, 0.25) is 5.95 Å². The van der Waals surface area contributed by atoms with E-state index in [4.69, 9.17) is 9.72 Å². The number of ether oxygens (including phenoxy) is 1. The summed E-state index contributed by atoms with van der Waals surface area (Å²) in [6, 6.07) is 0. The number of rotatable bonds is 1. The van der Waals surface area contributed by atoms with Gasteiger partial charge in [0.15, 0.2) is 5.65 Å². The lowest BCUT2D eigenvalue weighted by atomic mass is 9.89. The molecule has 0 saturated carbocycles. The zero-order valence-electron chi connectivity index (χ0n) is 13.2. The van der Waals surface area contributed by atoms with E-state index < -0.39 is 0 Å². The molecule has 1 aliphatic heterocycles. The third-order valence-electron chi connectivity index (χ3n) is 4.95. The van der Waals surface area contributed by atoms with Crippen LogP contribution in [0.15, 0.2) is 6.33 Å². The number of anilines is 1. The highest BCUT2D eigenvalue weighted by atomic mass is 32.1. The van der Waals surface area contributed by atoms with Gasteiger partial charge in [0.25, 0.3) is 0 Å². The third-order valence-corrected chi connectivity index (χ3v) is 6.13. The van der Waals surface area contributed by atoms with Gasteiger partial charge in [-0.15, -0.1) is 11.3 Å². The van der Waals surface area contributed by atoms with Crippen molar-refractivity contribution in [1.29, 1.82) is 0 Å². The van der Waals surface area contributed by atoms with Crippen LogP contribution in [0.3, 0.4) is 0 Å². The number of aryl methyl sites for hydroxylation is 1. The minimum Gasteiger partial charge on any atom is -0.378 e. The molecule has 0 radical (unpaired) electrons. The van der Waals surface area contributed by atoms with Crippen LogP contribution in [-0.2, 0) is 17.6 Å². The predicted molar refractivity (Wildman–Crippen MR) is 90.4 cm³/mol. The van der Waals surface area contributed by atoms with Crippen LogP contribution in [0.4, 0.5) is 5.95 Å². The summed E-state index contributed by atoms with van der Waals surface area (Å²) in [6.07, 6.45) is 5.23. The molecule has 0 spiro atoms. The number of nitrogens with zero attached hydrogens (tertiary/aromatic N) is 5. The van der Waals surface area contributed by atoms with E-state index in [0.717, 1.165) is 55.1 Å². The van der Waals surface area contributed by atoms with Crippen molar-refractivity contribution in [3.8, 4) is 0 Å². The van der Waals surface area contributed by atoms with Crippen molar-refractivity contribution < 1.29 is 4.74 Å². The van der Waals surface area contributed by atoms with Crippen molar-refractivity contribution >= 4 is 33.1 Å². The topological polar surface area (TPSA) is 55.6 Å². The smallest absolute Gasteiger partial charge is 0.230 e. The Labute approximate surface area is 138 Å². The number of morpholine rings is 1. The van der Waals surface area contributed by atoms with Gasteiger partial charge >= 0.3 is 0 Å². The number of thiophene rings is 1. The zero-order chi connectivity index (χ0) is 15.4. The predicted octanol–water partition coefficient (Wildman–Crippen LogP) is 2.30. The second-order valence-electron chi connectivity index (χ2n) is 6.54. The molecule has 3 aromatic heterocycles. The van der Waals surface area contributed by atoms with Crippen molar-refractivity contribution in [2.75, 3.05) is 31.2 Å². The molecule has 0 unspecified atom stereocenters. The molecule has 5 rings (SSSR count). The third kappa shape index (κ3) is 2.06. The van der Waals surface area contributed by atoms with Gasteiger partial charge in [0.05, 0.1) is 18.6 Å². The SMILES string of the molecule is C[C@@H]1CCc2sc3nc(N4CCOCC4)n4ncnc4c3c2C1. The Morgan fingerprint density at radius 2 is 2.17 bits per heavy atom. The van der Waals surface area contributed by atoms with E-state index in [1.807, 2.05) is 15.9 Å². The molecule has 0 aromatic carbocycles. The fraction of sp³-hybridized carbons (Fsp3) is 0.562. The van der Waals surface area contributed by atoms with E-state index >= 15 is 0 Å². The van der Waals surface area contributed by atoms with Gasteiger partial charge in [-0.05, 0) is 30.7 Å². The Morgan fingerprint density at radius 1 is 1.30 bits per heavy atom. The highest BCUT2D eigenvalue weighted by Crippen LogP contribution is 2.39. The quantitative estimate of drug-likeness (QED) is 0.686. The van der Waals surface area contributed by atoms with E-state index in [1.165, 1.54) is 28.7 Å². The van der Waals surface area contributed by atoms with Gasteiger partial charge in [-0.2, -0.15) is 9.61 Å². The first kappa shape index (κ1) is 13.7. The lowest BCUT2D eigenvalue weighted by molar-refractivity contribution is 0.122. The maximum atomic E-state index is 5.47. The molecule has 0 bridgehead atoms. The van der Waals surface area contributed by atoms with Crippen molar-refractivity contribution in [3.63, 3.8) is 0 Å². The molecular formula is C16H19N5OS. The van der Waals surface area contributed by atoms with Gasteiger partial charge < -0.3 is 9.64 Å². The molecule has 3 aromatic rings.